The van der Waals surface area contributed by atoms with Crippen LogP contribution in [0.4, 0.5) is 11.4 Å². The quantitative estimate of drug-likeness (QED) is 0.329. The van der Waals surface area contributed by atoms with Crippen LogP contribution in [0, 0.1) is 0 Å². The van der Waals surface area contributed by atoms with E-state index in [1.165, 1.54) is 0 Å². The van der Waals surface area contributed by atoms with Gasteiger partial charge < -0.3 is 0 Å². The standard InChI is InChI=1S/C26H28N2O5.Ga/c1-19(22-7-3-6-10-25(22)29)28-24-9-5-4-8-23(24)27-18-20-11-12-21(17-26(20)30)33-16-15-32-14-13-31-2;/h3-12,17-18,29-30H,13-16H2,1-2H3;/q;+2/p-2. The van der Waals surface area contributed by atoms with Gasteiger partial charge in [0.2, 0.25) is 0 Å². The molecule has 0 bridgehead atoms. The zero-order valence-corrected chi connectivity index (χ0v) is 21.7. The number of nitrogens with zero attached hydrogens (tertiary/aromatic N) is 2. The molecule has 8 heteroatoms. The minimum atomic E-state index is -1.57. The van der Waals surface area contributed by atoms with E-state index < -0.39 is 18.1 Å². The van der Waals surface area contributed by atoms with Gasteiger partial charge in [-0.3, -0.25) is 0 Å². The molecule has 0 unspecified atom stereocenters. The number of fused-ring (bicyclic) bond motifs is 3. The van der Waals surface area contributed by atoms with Crippen molar-refractivity contribution in [1.29, 1.82) is 0 Å². The van der Waals surface area contributed by atoms with Gasteiger partial charge >= 0.3 is 208 Å². The average molecular weight is 516 g/mol. The van der Waals surface area contributed by atoms with Gasteiger partial charge in [0.05, 0.1) is 0 Å². The van der Waals surface area contributed by atoms with Gasteiger partial charge in [0, 0.05) is 0 Å². The van der Waals surface area contributed by atoms with E-state index in [0.29, 0.717) is 37.9 Å². The minimum absolute atomic E-state index is 0.434. The molecule has 173 valence electrons. The molecule has 0 fully saturated rings. The molecule has 0 atom stereocenters. The van der Waals surface area contributed by atoms with Gasteiger partial charge in [0.25, 0.3) is 0 Å². The van der Waals surface area contributed by atoms with E-state index in [9.17, 15) is 0 Å². The van der Waals surface area contributed by atoms with Crippen LogP contribution in [0.3, 0.4) is 0 Å². The normalized spacial score (nSPS) is 12.7. The van der Waals surface area contributed by atoms with Crippen LogP contribution in [-0.4, -0.2) is 63.6 Å². The Hall–Kier alpha value is -3.04. The number of ether oxygens (including phenoxy) is 3. The predicted octanol–water partition coefficient (Wildman–Crippen LogP) is 4.93. The van der Waals surface area contributed by atoms with E-state index in [1.807, 2.05) is 73.7 Å². The Kier molecular flexibility index (Phi) is 8.81. The summed E-state index contributed by atoms with van der Waals surface area (Å²) < 4.78 is 28.6. The van der Waals surface area contributed by atoms with Crippen molar-refractivity contribution in [3.63, 3.8) is 0 Å². The summed E-state index contributed by atoms with van der Waals surface area (Å²) in [5.41, 5.74) is 4.20. The van der Waals surface area contributed by atoms with Crippen molar-refractivity contribution in [2.24, 2.45) is 9.98 Å². The van der Waals surface area contributed by atoms with Crippen molar-refractivity contribution in [2.45, 2.75) is 6.92 Å². The zero-order valence-electron chi connectivity index (χ0n) is 19.3. The Morgan fingerprint density at radius 2 is 1.59 bits per heavy atom. The number of benzene rings is 3. The van der Waals surface area contributed by atoms with Gasteiger partial charge in [-0.1, -0.05) is 0 Å². The van der Waals surface area contributed by atoms with Crippen molar-refractivity contribution < 1.29 is 21.3 Å². The van der Waals surface area contributed by atoms with Crippen molar-refractivity contribution >= 4 is 41.4 Å². The van der Waals surface area contributed by atoms with Crippen LogP contribution >= 0.6 is 0 Å². The molecular weight excluding hydrogens is 490 g/mol. The molecule has 7 nitrogen and oxygen atoms in total. The first kappa shape index (κ1) is 24.1. The Balaban J connectivity index is 1.61. The third-order valence-electron chi connectivity index (χ3n) is 5.05. The molecule has 1 heterocycles. The van der Waals surface area contributed by atoms with Gasteiger partial charge in [-0.25, -0.2) is 0 Å². The number of aliphatic imine (C=N–C) groups is 2. The van der Waals surface area contributed by atoms with Gasteiger partial charge in [-0.2, -0.15) is 0 Å². The van der Waals surface area contributed by atoms with E-state index in [1.54, 1.807) is 13.3 Å². The fourth-order valence-corrected chi connectivity index (χ4v) is 4.72. The van der Waals surface area contributed by atoms with Crippen LogP contribution in [0.2, 0.25) is 0 Å². The third kappa shape index (κ3) is 6.51. The Bertz CT molecular complexity index is 1170. The molecular formula is C26H26GaN2O5. The summed E-state index contributed by atoms with van der Waals surface area (Å²) in [5, 5.41) is 0. The molecule has 1 aliphatic rings. The van der Waals surface area contributed by atoms with Crippen molar-refractivity contribution in [2.75, 3.05) is 33.5 Å². The summed E-state index contributed by atoms with van der Waals surface area (Å²) in [6.45, 7) is 4.00. The second-order valence-corrected chi connectivity index (χ2v) is 8.82. The van der Waals surface area contributed by atoms with Crippen LogP contribution < -0.4 is 11.8 Å². The third-order valence-corrected chi connectivity index (χ3v) is 6.52. The van der Waals surface area contributed by atoms with Crippen LogP contribution in [0.15, 0.2) is 76.7 Å². The van der Waals surface area contributed by atoms with E-state index in [-0.39, 0.29) is 0 Å². The second kappa shape index (κ2) is 12.4. The van der Waals surface area contributed by atoms with E-state index in [2.05, 4.69) is 0 Å². The average Bonchev–Trinajstić information content (AvgIpc) is 2.87. The number of hydrogen-bond acceptors (Lipinski definition) is 7. The summed E-state index contributed by atoms with van der Waals surface area (Å²) >= 11 is -1.57. The monoisotopic (exact) mass is 515 g/mol. The van der Waals surface area contributed by atoms with Gasteiger partial charge in [0.15, 0.2) is 0 Å². The molecule has 3 aromatic rings. The molecule has 0 aliphatic carbocycles. The summed E-state index contributed by atoms with van der Waals surface area (Å²) in [4.78, 5) is 9.54. The first-order chi connectivity index (χ1) is 16.7. The summed E-state index contributed by atoms with van der Waals surface area (Å²) in [6.07, 6.45) is 1.79. The maximum absolute atomic E-state index is 6.16. The fourth-order valence-electron chi connectivity index (χ4n) is 3.32. The van der Waals surface area contributed by atoms with E-state index in [0.717, 1.165) is 34.0 Å². The van der Waals surface area contributed by atoms with E-state index >= 15 is 0 Å². The molecule has 0 saturated heterocycles. The predicted molar refractivity (Wildman–Crippen MR) is 134 cm³/mol. The van der Waals surface area contributed by atoms with Gasteiger partial charge in [0.1, 0.15) is 0 Å². The Labute approximate surface area is 208 Å². The molecule has 1 radical (unpaired) electrons. The molecule has 1 aliphatic heterocycles. The van der Waals surface area contributed by atoms with Gasteiger partial charge in [-0.15, -0.1) is 0 Å². The van der Waals surface area contributed by atoms with Crippen LogP contribution in [-0.2, 0) is 9.47 Å². The number of rotatable bonds is 7. The van der Waals surface area contributed by atoms with Crippen molar-refractivity contribution in [1.82, 2.24) is 0 Å². The summed E-state index contributed by atoms with van der Waals surface area (Å²) in [5.74, 6) is 2.14. The van der Waals surface area contributed by atoms with E-state index in [4.69, 9.17) is 31.3 Å². The first-order valence-electron chi connectivity index (χ1n) is 11.0. The number of hydrogen-bond donors (Lipinski definition) is 0. The van der Waals surface area contributed by atoms with Crippen LogP contribution in [0.25, 0.3) is 0 Å². The van der Waals surface area contributed by atoms with Crippen LogP contribution in [0.5, 0.6) is 17.2 Å². The van der Waals surface area contributed by atoms with Crippen molar-refractivity contribution in [3.8, 4) is 17.2 Å². The molecule has 0 spiro atoms. The van der Waals surface area contributed by atoms with Crippen molar-refractivity contribution in [3.05, 3.63) is 77.9 Å². The maximum atomic E-state index is 6.16. The Morgan fingerprint density at radius 3 is 2.47 bits per heavy atom. The second-order valence-electron chi connectivity index (χ2n) is 7.43. The number of para-hydroxylation sites is 3. The molecule has 34 heavy (non-hydrogen) atoms. The SMILES string of the molecule is COCCOCCOc1ccc2c(c1)[O][Ga][O]c1ccccc1C(C)=Nc1ccccc1N=C2. The fraction of sp³-hybridized carbons (Fsp3) is 0.231. The Morgan fingerprint density at radius 1 is 0.824 bits per heavy atom. The zero-order chi connectivity index (χ0) is 23.6. The first-order valence-corrected chi connectivity index (χ1v) is 13.0. The summed E-state index contributed by atoms with van der Waals surface area (Å²) in [6, 6.07) is 21.4. The molecule has 0 N–H and O–H groups in total. The molecule has 0 aromatic heterocycles. The molecule has 4 rings (SSSR count). The molecule has 0 saturated carbocycles. The molecule has 0 amide bonds. The summed E-state index contributed by atoms with van der Waals surface area (Å²) in [7, 11) is 1.65. The number of methoxy groups -OCH3 is 1. The van der Waals surface area contributed by atoms with Gasteiger partial charge in [-0.05, 0) is 0 Å². The topological polar surface area (TPSA) is 70.9 Å². The van der Waals surface area contributed by atoms with Crippen LogP contribution in [0.1, 0.15) is 18.1 Å². The molecule has 3 aromatic carbocycles.